The van der Waals surface area contributed by atoms with Crippen molar-refractivity contribution in [3.63, 3.8) is 0 Å². The molecule has 0 aromatic heterocycles. The van der Waals surface area contributed by atoms with E-state index < -0.39 is 0 Å². The molecule has 1 aliphatic heterocycles. The van der Waals surface area contributed by atoms with E-state index in [4.69, 9.17) is 14.2 Å². The largest absolute Gasteiger partial charge is 0.493 e. The van der Waals surface area contributed by atoms with E-state index in [0.29, 0.717) is 23.8 Å². The van der Waals surface area contributed by atoms with Gasteiger partial charge in [0.15, 0.2) is 11.5 Å². The number of carbonyl (C=O) groups is 1. The summed E-state index contributed by atoms with van der Waals surface area (Å²) in [7, 11) is 5.07. The van der Waals surface area contributed by atoms with Gasteiger partial charge < -0.3 is 19.1 Å². The number of likely N-dealkylation sites (N-methyl/N-ethyl adjacent to an activating group) is 1. The van der Waals surface area contributed by atoms with E-state index in [9.17, 15) is 4.79 Å². The topological polar surface area (TPSA) is 48.0 Å². The fraction of sp³-hybridized carbons (Fsp3) is 0.588. The number of amides is 1. The maximum atomic E-state index is 12.4. The van der Waals surface area contributed by atoms with E-state index in [0.717, 1.165) is 38.2 Å². The fourth-order valence-electron chi connectivity index (χ4n) is 2.72. The monoisotopic (exact) mass is 307 g/mol. The van der Waals surface area contributed by atoms with Gasteiger partial charge in [0.05, 0.1) is 20.6 Å². The lowest BCUT2D eigenvalue weighted by Gasteiger charge is -2.27. The lowest BCUT2D eigenvalue weighted by molar-refractivity contribution is -0.130. The number of benzene rings is 1. The molecule has 1 amide bonds. The first-order chi connectivity index (χ1) is 10.6. The van der Waals surface area contributed by atoms with Crippen molar-refractivity contribution < 1.29 is 19.0 Å². The van der Waals surface area contributed by atoms with Crippen molar-refractivity contribution in [3.8, 4) is 11.5 Å². The van der Waals surface area contributed by atoms with Crippen LogP contribution in [0.4, 0.5) is 0 Å². The number of rotatable bonds is 6. The van der Waals surface area contributed by atoms with Crippen LogP contribution in [0.15, 0.2) is 18.2 Å². The van der Waals surface area contributed by atoms with Crippen LogP contribution in [0.1, 0.15) is 18.4 Å². The summed E-state index contributed by atoms with van der Waals surface area (Å²) in [5.74, 6) is 2.00. The Hall–Kier alpha value is -1.75. The normalized spacial score (nSPS) is 15.4. The van der Waals surface area contributed by atoms with Gasteiger partial charge in [0.2, 0.25) is 5.91 Å². The number of hydrogen-bond donors (Lipinski definition) is 0. The SMILES string of the molecule is COc1ccc(CC(=O)N(C)CC2CCOCC2)cc1OC. The van der Waals surface area contributed by atoms with Crippen molar-refractivity contribution >= 4 is 5.91 Å². The molecule has 1 saturated heterocycles. The zero-order chi connectivity index (χ0) is 15.9. The Kier molecular flexibility index (Phi) is 6.07. The predicted molar refractivity (Wildman–Crippen MR) is 84.4 cm³/mol. The minimum absolute atomic E-state index is 0.124. The van der Waals surface area contributed by atoms with Crippen molar-refractivity contribution in [2.45, 2.75) is 19.3 Å². The number of ether oxygens (including phenoxy) is 3. The summed E-state index contributed by atoms with van der Waals surface area (Å²) in [6.45, 7) is 2.42. The Balaban J connectivity index is 1.92. The molecule has 1 aromatic rings. The molecule has 1 fully saturated rings. The summed E-state index contributed by atoms with van der Waals surface area (Å²) in [4.78, 5) is 14.2. The average Bonchev–Trinajstić information content (AvgIpc) is 2.55. The molecule has 0 saturated carbocycles. The van der Waals surface area contributed by atoms with Gasteiger partial charge in [-0.2, -0.15) is 0 Å². The highest BCUT2D eigenvalue weighted by Crippen LogP contribution is 2.27. The van der Waals surface area contributed by atoms with E-state index in [1.165, 1.54) is 0 Å². The van der Waals surface area contributed by atoms with Gasteiger partial charge in [-0.1, -0.05) is 6.07 Å². The van der Waals surface area contributed by atoms with Crippen LogP contribution in [-0.2, 0) is 16.0 Å². The molecule has 0 radical (unpaired) electrons. The van der Waals surface area contributed by atoms with Crippen molar-refractivity contribution in [1.29, 1.82) is 0 Å². The molecule has 2 rings (SSSR count). The third-order valence-electron chi connectivity index (χ3n) is 4.10. The summed E-state index contributed by atoms with van der Waals surface area (Å²) in [6.07, 6.45) is 2.45. The van der Waals surface area contributed by atoms with Gasteiger partial charge in [0, 0.05) is 26.8 Å². The standard InChI is InChI=1S/C17H25NO4/c1-18(12-13-6-8-22-9-7-13)17(19)11-14-4-5-15(20-2)16(10-14)21-3/h4-5,10,13H,6-9,11-12H2,1-3H3. The first-order valence-corrected chi connectivity index (χ1v) is 7.66. The summed E-state index contributed by atoms with van der Waals surface area (Å²) >= 11 is 0. The van der Waals surface area contributed by atoms with Gasteiger partial charge in [-0.3, -0.25) is 4.79 Å². The molecule has 122 valence electrons. The molecule has 0 atom stereocenters. The highest BCUT2D eigenvalue weighted by atomic mass is 16.5. The molecule has 0 bridgehead atoms. The van der Waals surface area contributed by atoms with E-state index in [2.05, 4.69) is 0 Å². The molecule has 0 N–H and O–H groups in total. The van der Waals surface area contributed by atoms with Crippen LogP contribution in [0, 0.1) is 5.92 Å². The summed E-state index contributed by atoms with van der Waals surface area (Å²) in [5.41, 5.74) is 0.932. The first kappa shape index (κ1) is 16.6. The lowest BCUT2D eigenvalue weighted by Crippen LogP contribution is -2.35. The van der Waals surface area contributed by atoms with Crippen molar-refractivity contribution in [2.24, 2.45) is 5.92 Å². The fourth-order valence-corrected chi connectivity index (χ4v) is 2.72. The zero-order valence-electron chi connectivity index (χ0n) is 13.6. The molecule has 0 unspecified atom stereocenters. The van der Waals surface area contributed by atoms with Crippen molar-refractivity contribution in [2.75, 3.05) is 41.0 Å². The molecule has 1 aromatic carbocycles. The van der Waals surface area contributed by atoms with E-state index in [1.807, 2.05) is 30.1 Å². The number of hydrogen-bond acceptors (Lipinski definition) is 4. The highest BCUT2D eigenvalue weighted by molar-refractivity contribution is 5.78. The van der Waals surface area contributed by atoms with Crippen LogP contribution < -0.4 is 9.47 Å². The van der Waals surface area contributed by atoms with E-state index >= 15 is 0 Å². The Morgan fingerprint density at radius 3 is 2.55 bits per heavy atom. The van der Waals surface area contributed by atoms with Crippen LogP contribution in [0.25, 0.3) is 0 Å². The molecule has 5 nitrogen and oxygen atoms in total. The van der Waals surface area contributed by atoms with Crippen LogP contribution in [0.2, 0.25) is 0 Å². The second-order valence-electron chi connectivity index (χ2n) is 5.70. The Labute approximate surface area is 132 Å². The second kappa shape index (κ2) is 8.03. The van der Waals surface area contributed by atoms with Gasteiger partial charge >= 0.3 is 0 Å². The van der Waals surface area contributed by atoms with E-state index in [-0.39, 0.29) is 5.91 Å². The number of carbonyl (C=O) groups excluding carboxylic acids is 1. The van der Waals surface area contributed by atoms with Gasteiger partial charge in [0.1, 0.15) is 0 Å². The molecule has 0 spiro atoms. The minimum Gasteiger partial charge on any atom is -0.493 e. The van der Waals surface area contributed by atoms with Crippen LogP contribution >= 0.6 is 0 Å². The Morgan fingerprint density at radius 2 is 1.91 bits per heavy atom. The minimum atomic E-state index is 0.124. The molecular weight excluding hydrogens is 282 g/mol. The van der Waals surface area contributed by atoms with Crippen LogP contribution in [0.5, 0.6) is 11.5 Å². The molecule has 22 heavy (non-hydrogen) atoms. The molecular formula is C17H25NO4. The predicted octanol–water partition coefficient (Wildman–Crippen LogP) is 2.13. The summed E-state index contributed by atoms with van der Waals surface area (Å²) in [6, 6.07) is 5.60. The van der Waals surface area contributed by atoms with Crippen LogP contribution in [-0.4, -0.2) is 51.8 Å². The Bertz CT molecular complexity index is 497. The maximum Gasteiger partial charge on any atom is 0.226 e. The molecule has 0 aliphatic carbocycles. The van der Waals surface area contributed by atoms with Gasteiger partial charge in [0.25, 0.3) is 0 Å². The molecule has 1 heterocycles. The van der Waals surface area contributed by atoms with E-state index in [1.54, 1.807) is 14.2 Å². The van der Waals surface area contributed by atoms with Gasteiger partial charge in [-0.15, -0.1) is 0 Å². The average molecular weight is 307 g/mol. The summed E-state index contributed by atoms with van der Waals surface area (Å²) in [5, 5.41) is 0. The number of methoxy groups -OCH3 is 2. The third kappa shape index (κ3) is 4.37. The highest BCUT2D eigenvalue weighted by Gasteiger charge is 2.19. The number of nitrogens with zero attached hydrogens (tertiary/aromatic N) is 1. The third-order valence-corrected chi connectivity index (χ3v) is 4.10. The lowest BCUT2D eigenvalue weighted by atomic mass is 9.99. The second-order valence-corrected chi connectivity index (χ2v) is 5.70. The summed E-state index contributed by atoms with van der Waals surface area (Å²) < 4.78 is 15.8. The van der Waals surface area contributed by atoms with Gasteiger partial charge in [-0.05, 0) is 36.5 Å². The van der Waals surface area contributed by atoms with Gasteiger partial charge in [-0.25, -0.2) is 0 Å². The maximum absolute atomic E-state index is 12.4. The van der Waals surface area contributed by atoms with Crippen molar-refractivity contribution in [1.82, 2.24) is 4.90 Å². The first-order valence-electron chi connectivity index (χ1n) is 7.66. The molecule has 1 aliphatic rings. The quantitative estimate of drug-likeness (QED) is 0.808. The van der Waals surface area contributed by atoms with Crippen LogP contribution in [0.3, 0.4) is 0 Å². The molecule has 5 heteroatoms. The van der Waals surface area contributed by atoms with Crippen molar-refractivity contribution in [3.05, 3.63) is 23.8 Å². The zero-order valence-corrected chi connectivity index (χ0v) is 13.6. The smallest absolute Gasteiger partial charge is 0.226 e. The Morgan fingerprint density at radius 1 is 1.23 bits per heavy atom.